The summed E-state index contributed by atoms with van der Waals surface area (Å²) in [7, 11) is 0. The summed E-state index contributed by atoms with van der Waals surface area (Å²) in [6.45, 7) is 4.28. The zero-order valence-electron chi connectivity index (χ0n) is 17.2. The van der Waals surface area contributed by atoms with Crippen molar-refractivity contribution in [3.63, 3.8) is 0 Å². The van der Waals surface area contributed by atoms with Gasteiger partial charge in [0.15, 0.2) is 11.6 Å². The zero-order valence-corrected chi connectivity index (χ0v) is 17.2. The Morgan fingerprint density at radius 3 is 2.32 bits per heavy atom. The van der Waals surface area contributed by atoms with Gasteiger partial charge >= 0.3 is 5.97 Å². The van der Waals surface area contributed by atoms with Crippen molar-refractivity contribution >= 4 is 5.97 Å². The standard InChI is InChI=1S/C24H32F2O2/c1-3-5-6-7-8-20(27)28-19-10-9-18(21(25)22(19)26)24-15-12-23(11-4-2,13-16-24)14-17-24/h7-10H,3-6,11-17H2,1-2H3/b8-7+. The summed E-state index contributed by atoms with van der Waals surface area (Å²) in [5.74, 6) is -2.88. The van der Waals surface area contributed by atoms with Gasteiger partial charge in [0.1, 0.15) is 0 Å². The second-order valence-electron chi connectivity index (χ2n) is 8.74. The van der Waals surface area contributed by atoms with Crippen molar-refractivity contribution in [3.8, 4) is 5.75 Å². The van der Waals surface area contributed by atoms with Crippen molar-refractivity contribution in [2.45, 2.75) is 89.9 Å². The number of esters is 1. The normalized spacial score (nSPS) is 26.7. The van der Waals surface area contributed by atoms with E-state index < -0.39 is 17.6 Å². The Kier molecular flexibility index (Phi) is 6.57. The Hall–Kier alpha value is -1.71. The molecule has 2 bridgehead atoms. The van der Waals surface area contributed by atoms with Crippen LogP contribution in [0.4, 0.5) is 8.78 Å². The van der Waals surface area contributed by atoms with Crippen LogP contribution in [0.3, 0.4) is 0 Å². The molecule has 4 heteroatoms. The van der Waals surface area contributed by atoms with E-state index in [0.717, 1.165) is 57.8 Å². The molecule has 0 heterocycles. The highest BCUT2D eigenvalue weighted by Crippen LogP contribution is 2.59. The van der Waals surface area contributed by atoms with E-state index in [2.05, 4.69) is 13.8 Å². The van der Waals surface area contributed by atoms with Gasteiger partial charge < -0.3 is 4.74 Å². The number of unbranched alkanes of at least 4 members (excludes halogenated alkanes) is 2. The van der Waals surface area contributed by atoms with Gasteiger partial charge in [0.2, 0.25) is 5.82 Å². The number of halogens is 2. The van der Waals surface area contributed by atoms with Crippen molar-refractivity contribution in [2.24, 2.45) is 5.41 Å². The van der Waals surface area contributed by atoms with Gasteiger partial charge in [-0.25, -0.2) is 9.18 Å². The second kappa shape index (κ2) is 8.75. The van der Waals surface area contributed by atoms with E-state index in [4.69, 9.17) is 4.74 Å². The molecule has 4 rings (SSSR count). The van der Waals surface area contributed by atoms with Gasteiger partial charge in [-0.05, 0) is 73.8 Å². The highest BCUT2D eigenvalue weighted by molar-refractivity contribution is 5.84. The highest BCUT2D eigenvalue weighted by atomic mass is 19.2. The number of hydrogen-bond donors (Lipinski definition) is 0. The average molecular weight is 391 g/mol. The fraction of sp³-hybridized carbons (Fsp3) is 0.625. The summed E-state index contributed by atoms with van der Waals surface area (Å²) in [6, 6.07) is 3.06. The third-order valence-corrected chi connectivity index (χ3v) is 6.99. The molecule has 3 saturated carbocycles. The number of rotatable bonds is 8. The van der Waals surface area contributed by atoms with Crippen LogP contribution in [-0.4, -0.2) is 5.97 Å². The smallest absolute Gasteiger partial charge is 0.335 e. The van der Waals surface area contributed by atoms with Crippen molar-refractivity contribution in [1.29, 1.82) is 0 Å². The van der Waals surface area contributed by atoms with E-state index in [1.165, 1.54) is 25.0 Å². The number of carbonyl (C=O) groups is 1. The van der Waals surface area contributed by atoms with Crippen LogP contribution in [0.25, 0.3) is 0 Å². The Morgan fingerprint density at radius 2 is 1.71 bits per heavy atom. The molecule has 3 fully saturated rings. The minimum absolute atomic E-state index is 0.261. The summed E-state index contributed by atoms with van der Waals surface area (Å²) < 4.78 is 34.6. The quantitative estimate of drug-likeness (QED) is 0.206. The van der Waals surface area contributed by atoms with Crippen LogP contribution in [0.5, 0.6) is 5.75 Å². The molecular weight excluding hydrogens is 358 g/mol. The van der Waals surface area contributed by atoms with Crippen LogP contribution < -0.4 is 4.74 Å². The Bertz CT molecular complexity index is 714. The van der Waals surface area contributed by atoms with Gasteiger partial charge in [-0.2, -0.15) is 4.39 Å². The molecule has 0 atom stereocenters. The van der Waals surface area contributed by atoms with Crippen molar-refractivity contribution in [2.75, 3.05) is 0 Å². The van der Waals surface area contributed by atoms with E-state index in [-0.39, 0.29) is 11.2 Å². The molecule has 3 aliphatic rings. The first kappa shape index (κ1) is 21.0. The molecular formula is C24H32F2O2. The van der Waals surface area contributed by atoms with E-state index in [0.29, 0.717) is 11.0 Å². The fourth-order valence-corrected chi connectivity index (χ4v) is 5.24. The molecule has 0 unspecified atom stereocenters. The molecule has 1 aromatic carbocycles. The van der Waals surface area contributed by atoms with E-state index >= 15 is 0 Å². The van der Waals surface area contributed by atoms with Crippen LogP contribution in [0, 0.1) is 17.0 Å². The first-order chi connectivity index (χ1) is 13.5. The Morgan fingerprint density at radius 1 is 1.04 bits per heavy atom. The van der Waals surface area contributed by atoms with Crippen molar-refractivity contribution < 1.29 is 18.3 Å². The number of allylic oxidation sites excluding steroid dienone is 1. The summed E-state index contributed by atoms with van der Waals surface area (Å²) in [4.78, 5) is 11.9. The molecule has 1 aromatic rings. The summed E-state index contributed by atoms with van der Waals surface area (Å²) in [6.07, 6.45) is 14.2. The lowest BCUT2D eigenvalue weighted by Crippen LogP contribution is -2.44. The molecule has 0 saturated heterocycles. The lowest BCUT2D eigenvalue weighted by atomic mass is 9.51. The molecule has 0 aliphatic heterocycles. The first-order valence-corrected chi connectivity index (χ1v) is 10.8. The molecule has 0 aromatic heterocycles. The number of hydrogen-bond acceptors (Lipinski definition) is 2. The van der Waals surface area contributed by atoms with Crippen LogP contribution >= 0.6 is 0 Å². The molecule has 0 amide bonds. The van der Waals surface area contributed by atoms with Gasteiger partial charge in [0, 0.05) is 6.08 Å². The van der Waals surface area contributed by atoms with Gasteiger partial charge in [0.05, 0.1) is 0 Å². The van der Waals surface area contributed by atoms with Gasteiger partial charge in [-0.3, -0.25) is 0 Å². The minimum atomic E-state index is -1.04. The number of benzene rings is 1. The van der Waals surface area contributed by atoms with Gasteiger partial charge in [-0.15, -0.1) is 0 Å². The number of fused-ring (bicyclic) bond motifs is 3. The first-order valence-electron chi connectivity index (χ1n) is 10.8. The van der Waals surface area contributed by atoms with Crippen molar-refractivity contribution in [1.82, 2.24) is 0 Å². The Labute approximate surface area is 167 Å². The SMILES string of the molecule is CCCC/C=C/C(=O)Oc1ccc(C23CCC(CCC)(CC2)CC3)c(F)c1F. The maximum absolute atomic E-state index is 15.0. The number of ether oxygens (including phenoxy) is 1. The highest BCUT2D eigenvalue weighted by Gasteiger charge is 2.49. The summed E-state index contributed by atoms with van der Waals surface area (Å²) in [5, 5.41) is 0. The van der Waals surface area contributed by atoms with Crippen LogP contribution in [0.15, 0.2) is 24.3 Å². The lowest BCUT2D eigenvalue weighted by molar-refractivity contribution is -0.129. The zero-order chi connectivity index (χ0) is 20.2. The van der Waals surface area contributed by atoms with E-state index in [1.54, 1.807) is 12.1 Å². The molecule has 0 radical (unpaired) electrons. The monoisotopic (exact) mass is 390 g/mol. The molecule has 28 heavy (non-hydrogen) atoms. The summed E-state index contributed by atoms with van der Waals surface area (Å²) >= 11 is 0. The maximum atomic E-state index is 15.0. The van der Waals surface area contributed by atoms with Crippen LogP contribution in [0.1, 0.15) is 90.0 Å². The summed E-state index contributed by atoms with van der Waals surface area (Å²) in [5.41, 5.74) is 0.627. The van der Waals surface area contributed by atoms with Crippen LogP contribution in [-0.2, 0) is 10.2 Å². The lowest BCUT2D eigenvalue weighted by Gasteiger charge is -2.54. The third-order valence-electron chi connectivity index (χ3n) is 6.99. The van der Waals surface area contributed by atoms with Crippen LogP contribution in [0.2, 0.25) is 0 Å². The predicted octanol–water partition coefficient (Wildman–Crippen LogP) is 7.01. The predicted molar refractivity (Wildman–Crippen MR) is 107 cm³/mol. The van der Waals surface area contributed by atoms with E-state index in [9.17, 15) is 13.6 Å². The Balaban J connectivity index is 1.73. The maximum Gasteiger partial charge on any atom is 0.335 e. The second-order valence-corrected chi connectivity index (χ2v) is 8.74. The van der Waals surface area contributed by atoms with E-state index in [1.807, 2.05) is 0 Å². The molecule has 3 aliphatic carbocycles. The molecule has 2 nitrogen and oxygen atoms in total. The number of carbonyl (C=O) groups excluding carboxylic acids is 1. The van der Waals surface area contributed by atoms with Gasteiger partial charge in [0.25, 0.3) is 0 Å². The third kappa shape index (κ3) is 4.16. The molecule has 154 valence electrons. The fourth-order valence-electron chi connectivity index (χ4n) is 5.24. The minimum Gasteiger partial charge on any atom is -0.420 e. The largest absolute Gasteiger partial charge is 0.420 e. The molecule has 0 N–H and O–H groups in total. The average Bonchev–Trinajstić information content (AvgIpc) is 2.70. The topological polar surface area (TPSA) is 26.3 Å². The van der Waals surface area contributed by atoms with Gasteiger partial charge in [-0.1, -0.05) is 45.3 Å². The molecule has 0 spiro atoms. The van der Waals surface area contributed by atoms with Crippen molar-refractivity contribution in [3.05, 3.63) is 41.5 Å².